The highest BCUT2D eigenvalue weighted by Gasteiger charge is 2.23. The predicted molar refractivity (Wildman–Crippen MR) is 96.9 cm³/mol. The molecule has 0 radical (unpaired) electrons. The van der Waals surface area contributed by atoms with Gasteiger partial charge in [-0.15, -0.1) is 21.4 Å². The lowest BCUT2D eigenvalue weighted by atomic mass is 10.3. The van der Waals surface area contributed by atoms with Crippen LogP contribution in [0.1, 0.15) is 17.5 Å². The number of halogens is 1. The van der Waals surface area contributed by atoms with E-state index in [1.54, 1.807) is 17.6 Å². The molecule has 2 aromatic heterocycles. The minimum atomic E-state index is 0. The number of aliphatic imine (C=N–C) groups is 1. The van der Waals surface area contributed by atoms with Crippen LogP contribution >= 0.6 is 39.7 Å². The molecule has 0 spiro atoms. The molecule has 2 heterocycles. The highest BCUT2D eigenvalue weighted by Crippen LogP contribution is 2.29. The zero-order valence-corrected chi connectivity index (χ0v) is 15.5. The molecule has 0 unspecified atom stereocenters. The average Bonchev–Trinajstić information content (AvgIpc) is 3.00. The number of rotatable bonds is 4. The van der Waals surface area contributed by atoms with Gasteiger partial charge in [0.05, 0.1) is 18.2 Å². The Labute approximate surface area is 147 Å². The zero-order chi connectivity index (χ0) is 14.8. The maximum Gasteiger partial charge on any atom is 0.392 e. The van der Waals surface area contributed by atoms with Crippen LogP contribution in [0.15, 0.2) is 34.6 Å². The van der Waals surface area contributed by atoms with Crippen molar-refractivity contribution in [2.75, 3.05) is 6.61 Å². The molecule has 0 fully saturated rings. The number of aryl methyl sites for hydroxylation is 1. The highest BCUT2D eigenvalue weighted by atomic mass is 79.9. The maximum absolute atomic E-state index is 10.3. The van der Waals surface area contributed by atoms with E-state index in [2.05, 4.69) is 4.99 Å². The molecule has 3 aromatic rings. The standard InChI is InChI=1S/C15H14N2O2S2.BrH/c1-3-19-12-7-5-4-6-11(12)16-8-13-14(18)17-10(2)9-20-15(17)21-13;/h4-9H,3H2,1-2H3;1H/p+1. The van der Waals surface area contributed by atoms with Gasteiger partial charge in [-0.1, -0.05) is 23.5 Å². The quantitative estimate of drug-likeness (QED) is 0.525. The van der Waals surface area contributed by atoms with Crippen LogP contribution in [0.5, 0.6) is 11.6 Å². The van der Waals surface area contributed by atoms with Crippen LogP contribution < -0.4 is 9.14 Å². The number of aromatic nitrogens is 1. The summed E-state index contributed by atoms with van der Waals surface area (Å²) in [7, 11) is 0. The van der Waals surface area contributed by atoms with Crippen molar-refractivity contribution in [2.45, 2.75) is 13.8 Å². The molecule has 0 atom stereocenters. The van der Waals surface area contributed by atoms with E-state index in [1.165, 1.54) is 11.3 Å². The molecule has 0 aliphatic carbocycles. The van der Waals surface area contributed by atoms with Crippen LogP contribution in [0.2, 0.25) is 0 Å². The Morgan fingerprint density at radius 3 is 2.86 bits per heavy atom. The van der Waals surface area contributed by atoms with Gasteiger partial charge in [-0.2, -0.15) is 0 Å². The first kappa shape index (κ1) is 16.9. The van der Waals surface area contributed by atoms with Gasteiger partial charge in [0.2, 0.25) is 0 Å². The highest BCUT2D eigenvalue weighted by molar-refractivity contribution is 8.93. The number of ether oxygens (including phenoxy) is 1. The fraction of sp³-hybridized carbons (Fsp3) is 0.200. The van der Waals surface area contributed by atoms with Crippen molar-refractivity contribution in [3.8, 4) is 11.6 Å². The molecule has 0 bridgehead atoms. The summed E-state index contributed by atoms with van der Waals surface area (Å²) in [5, 5.41) is 12.3. The summed E-state index contributed by atoms with van der Waals surface area (Å²) in [6.07, 6.45) is 1.69. The van der Waals surface area contributed by atoms with Crippen molar-refractivity contribution in [2.24, 2.45) is 4.99 Å². The van der Waals surface area contributed by atoms with Gasteiger partial charge in [-0.3, -0.25) is 4.99 Å². The van der Waals surface area contributed by atoms with E-state index >= 15 is 0 Å². The van der Waals surface area contributed by atoms with Crippen molar-refractivity contribution in [3.05, 3.63) is 40.2 Å². The lowest BCUT2D eigenvalue weighted by molar-refractivity contribution is -0.521. The Morgan fingerprint density at radius 1 is 1.36 bits per heavy atom. The summed E-state index contributed by atoms with van der Waals surface area (Å²) in [5.74, 6) is 0.990. The molecule has 0 aliphatic rings. The van der Waals surface area contributed by atoms with Gasteiger partial charge in [0, 0.05) is 6.92 Å². The average molecular weight is 400 g/mol. The molecule has 0 saturated heterocycles. The van der Waals surface area contributed by atoms with Crippen LogP contribution in [0, 0.1) is 6.92 Å². The number of para-hydroxylation sites is 2. The van der Waals surface area contributed by atoms with Gasteiger partial charge < -0.3 is 9.84 Å². The van der Waals surface area contributed by atoms with Gasteiger partial charge >= 0.3 is 10.0 Å². The normalized spacial score (nSPS) is 11.0. The van der Waals surface area contributed by atoms with E-state index in [0.717, 1.165) is 26.2 Å². The first-order valence-electron chi connectivity index (χ1n) is 6.58. The predicted octanol–water partition coefficient (Wildman–Crippen LogP) is 4.29. The fourth-order valence-electron chi connectivity index (χ4n) is 2.01. The lowest BCUT2D eigenvalue weighted by Crippen LogP contribution is -2.18. The summed E-state index contributed by atoms with van der Waals surface area (Å²) in [6.45, 7) is 4.52. The summed E-state index contributed by atoms with van der Waals surface area (Å²) >= 11 is 3.14. The Morgan fingerprint density at radius 2 is 2.14 bits per heavy atom. The lowest BCUT2D eigenvalue weighted by Gasteiger charge is -2.04. The number of aromatic hydroxyl groups is 1. The van der Waals surface area contributed by atoms with Gasteiger partial charge in [0.15, 0.2) is 10.6 Å². The summed E-state index contributed by atoms with van der Waals surface area (Å²) < 4.78 is 8.43. The van der Waals surface area contributed by atoms with Crippen LogP contribution in [-0.2, 0) is 0 Å². The fourth-order valence-corrected chi connectivity index (χ4v) is 4.13. The van der Waals surface area contributed by atoms with Crippen molar-refractivity contribution in [3.63, 3.8) is 0 Å². The van der Waals surface area contributed by atoms with Crippen molar-refractivity contribution < 1.29 is 14.2 Å². The third kappa shape index (κ3) is 3.16. The Bertz CT molecular complexity index is 811. The molecule has 0 aliphatic heterocycles. The minimum Gasteiger partial charge on any atom is -0.492 e. The van der Waals surface area contributed by atoms with Crippen molar-refractivity contribution >= 4 is 55.7 Å². The molecule has 7 heteroatoms. The molecular weight excluding hydrogens is 384 g/mol. The third-order valence-corrected chi connectivity index (χ3v) is 5.23. The second-order valence-corrected chi connectivity index (χ2v) is 6.57. The molecule has 3 rings (SSSR count). The monoisotopic (exact) mass is 399 g/mol. The number of thiazole rings is 2. The van der Waals surface area contributed by atoms with E-state index in [0.29, 0.717) is 6.61 Å². The van der Waals surface area contributed by atoms with E-state index < -0.39 is 0 Å². The summed E-state index contributed by atoms with van der Waals surface area (Å²) in [4.78, 5) is 5.20. The van der Waals surface area contributed by atoms with Crippen molar-refractivity contribution in [1.82, 2.24) is 0 Å². The zero-order valence-electron chi connectivity index (χ0n) is 12.1. The van der Waals surface area contributed by atoms with E-state index in [9.17, 15) is 5.11 Å². The summed E-state index contributed by atoms with van der Waals surface area (Å²) in [6, 6.07) is 7.62. The Hall–Kier alpha value is -1.44. The number of hydrogen-bond donors (Lipinski definition) is 1. The van der Waals surface area contributed by atoms with Crippen LogP contribution in [-0.4, -0.2) is 17.9 Å². The second kappa shape index (κ2) is 7.21. The Kier molecular flexibility index (Phi) is 5.55. The number of nitrogens with zero attached hydrogens (tertiary/aromatic N) is 2. The van der Waals surface area contributed by atoms with Crippen LogP contribution in [0.4, 0.5) is 5.69 Å². The van der Waals surface area contributed by atoms with Crippen LogP contribution in [0.25, 0.3) is 4.14 Å². The van der Waals surface area contributed by atoms with E-state index in [1.807, 2.05) is 47.9 Å². The SMILES string of the molecule is Br.CCOc1ccccc1N=Cc1sc2scc(C)[n+]2c1O. The number of fused-ring (bicyclic) bond motifs is 1. The van der Waals surface area contributed by atoms with Gasteiger partial charge in [0.1, 0.15) is 11.4 Å². The minimum absolute atomic E-state index is 0. The molecule has 0 saturated carbocycles. The van der Waals surface area contributed by atoms with Crippen LogP contribution in [0.3, 0.4) is 0 Å². The molecule has 22 heavy (non-hydrogen) atoms. The third-order valence-electron chi connectivity index (χ3n) is 2.98. The summed E-state index contributed by atoms with van der Waals surface area (Å²) in [5.41, 5.74) is 1.79. The van der Waals surface area contributed by atoms with Gasteiger partial charge in [0.25, 0.3) is 0 Å². The van der Waals surface area contributed by atoms with Crippen molar-refractivity contribution in [1.29, 1.82) is 0 Å². The maximum atomic E-state index is 10.3. The van der Waals surface area contributed by atoms with E-state index in [4.69, 9.17) is 4.74 Å². The van der Waals surface area contributed by atoms with Gasteiger partial charge in [-0.05, 0) is 30.4 Å². The molecule has 4 nitrogen and oxygen atoms in total. The van der Waals surface area contributed by atoms with E-state index in [-0.39, 0.29) is 22.9 Å². The molecule has 0 amide bonds. The largest absolute Gasteiger partial charge is 0.492 e. The first-order chi connectivity index (χ1) is 10.2. The smallest absolute Gasteiger partial charge is 0.392 e. The Balaban J connectivity index is 0.00000176. The number of benzene rings is 1. The molecule has 1 N–H and O–H groups in total. The molecular formula is C15H16BrN2O2S2+. The first-order valence-corrected chi connectivity index (χ1v) is 8.28. The topological polar surface area (TPSA) is 45.9 Å². The number of hydrogen-bond acceptors (Lipinski definition) is 5. The second-order valence-electron chi connectivity index (χ2n) is 4.43. The molecule has 116 valence electrons. The molecule has 1 aromatic carbocycles. The van der Waals surface area contributed by atoms with Gasteiger partial charge in [-0.25, -0.2) is 0 Å².